The van der Waals surface area contributed by atoms with Gasteiger partial charge < -0.3 is 5.32 Å². The van der Waals surface area contributed by atoms with Crippen molar-refractivity contribution in [3.63, 3.8) is 0 Å². The van der Waals surface area contributed by atoms with E-state index in [9.17, 15) is 9.18 Å². The summed E-state index contributed by atoms with van der Waals surface area (Å²) >= 11 is 0. The number of benzene rings is 2. The van der Waals surface area contributed by atoms with Crippen LogP contribution in [0.5, 0.6) is 0 Å². The van der Waals surface area contributed by atoms with E-state index in [1.54, 1.807) is 6.20 Å². The zero-order valence-electron chi connectivity index (χ0n) is 15.4. The fraction of sp³-hybridized carbons (Fsp3) is 0.143. The van der Waals surface area contributed by atoms with Crippen molar-refractivity contribution < 1.29 is 9.18 Å². The summed E-state index contributed by atoms with van der Waals surface area (Å²) in [6, 6.07) is 11.3. The number of carbonyl (C=O) groups is 1. The van der Waals surface area contributed by atoms with E-state index in [1.807, 2.05) is 29.1 Å². The normalized spacial score (nSPS) is 13.3. The van der Waals surface area contributed by atoms with Crippen LogP contribution in [0.25, 0.3) is 22.0 Å². The smallest absolute Gasteiger partial charge is 0.258 e. The standard InChI is InChI=1S/C21H17FN6O/c22-16-5-3-13(4-6-16)20(29)27-21-24-10-15-2-1-14(9-18(15)26-21)17-11-25-28-8-7-23-12-19(17)28/h1-6,9-11,23H,7-8,12H2,(H,24,26,27,29). The number of aromatic nitrogens is 4. The summed E-state index contributed by atoms with van der Waals surface area (Å²) in [7, 11) is 0. The van der Waals surface area contributed by atoms with Crippen LogP contribution in [0.4, 0.5) is 10.3 Å². The predicted molar refractivity (Wildman–Crippen MR) is 107 cm³/mol. The van der Waals surface area contributed by atoms with Gasteiger partial charge in [-0.2, -0.15) is 5.10 Å². The minimum absolute atomic E-state index is 0.197. The summed E-state index contributed by atoms with van der Waals surface area (Å²) in [5, 5.41) is 11.4. The highest BCUT2D eigenvalue weighted by Gasteiger charge is 2.16. The number of hydrogen-bond acceptors (Lipinski definition) is 5. The van der Waals surface area contributed by atoms with Crippen molar-refractivity contribution in [2.24, 2.45) is 0 Å². The van der Waals surface area contributed by atoms with Gasteiger partial charge in [0.25, 0.3) is 5.91 Å². The topological polar surface area (TPSA) is 84.7 Å². The highest BCUT2D eigenvalue weighted by molar-refractivity contribution is 6.03. The van der Waals surface area contributed by atoms with E-state index in [1.165, 1.54) is 24.3 Å². The Morgan fingerprint density at radius 1 is 1.14 bits per heavy atom. The first kappa shape index (κ1) is 17.4. The number of nitrogens with zero attached hydrogens (tertiary/aromatic N) is 4. The van der Waals surface area contributed by atoms with Gasteiger partial charge in [-0.05, 0) is 35.9 Å². The molecule has 144 valence electrons. The minimum Gasteiger partial charge on any atom is -0.309 e. The van der Waals surface area contributed by atoms with Crippen LogP contribution in [0, 0.1) is 5.82 Å². The second kappa shape index (κ2) is 7.06. The van der Waals surface area contributed by atoms with Gasteiger partial charge in [0.15, 0.2) is 0 Å². The molecule has 0 radical (unpaired) electrons. The van der Waals surface area contributed by atoms with Gasteiger partial charge in [0.2, 0.25) is 5.95 Å². The lowest BCUT2D eigenvalue weighted by molar-refractivity contribution is 0.102. The molecular formula is C21H17FN6O. The third kappa shape index (κ3) is 3.34. The van der Waals surface area contributed by atoms with Gasteiger partial charge in [-0.25, -0.2) is 14.4 Å². The molecule has 1 aliphatic heterocycles. The van der Waals surface area contributed by atoms with Gasteiger partial charge in [-0.15, -0.1) is 0 Å². The SMILES string of the molecule is O=C(Nc1ncc2ccc(-c3cnn4c3CNCC4)cc2n1)c1ccc(F)cc1. The Labute approximate surface area is 165 Å². The van der Waals surface area contributed by atoms with Gasteiger partial charge in [0.1, 0.15) is 5.82 Å². The second-order valence-corrected chi connectivity index (χ2v) is 6.83. The van der Waals surface area contributed by atoms with Crippen LogP contribution in [-0.2, 0) is 13.1 Å². The zero-order valence-corrected chi connectivity index (χ0v) is 15.4. The largest absolute Gasteiger partial charge is 0.309 e. The predicted octanol–water partition coefficient (Wildman–Crippen LogP) is 2.99. The first-order valence-electron chi connectivity index (χ1n) is 9.27. The van der Waals surface area contributed by atoms with Crippen molar-refractivity contribution in [2.45, 2.75) is 13.1 Å². The number of halogens is 1. The van der Waals surface area contributed by atoms with Crippen LogP contribution in [0.2, 0.25) is 0 Å². The third-order valence-electron chi connectivity index (χ3n) is 4.97. The van der Waals surface area contributed by atoms with E-state index in [0.717, 1.165) is 47.4 Å². The molecule has 2 aromatic carbocycles. The maximum Gasteiger partial charge on any atom is 0.258 e. The molecule has 0 atom stereocenters. The van der Waals surface area contributed by atoms with Crippen molar-refractivity contribution in [1.82, 2.24) is 25.1 Å². The molecule has 0 unspecified atom stereocenters. The maximum atomic E-state index is 13.0. The number of hydrogen-bond donors (Lipinski definition) is 2. The van der Waals surface area contributed by atoms with E-state index < -0.39 is 11.7 Å². The van der Waals surface area contributed by atoms with Gasteiger partial charge in [-0.1, -0.05) is 12.1 Å². The number of amides is 1. The molecule has 0 fully saturated rings. The Hall–Kier alpha value is -3.65. The fourth-order valence-corrected chi connectivity index (χ4v) is 3.45. The van der Waals surface area contributed by atoms with Crippen molar-refractivity contribution in [3.05, 3.63) is 71.9 Å². The van der Waals surface area contributed by atoms with Gasteiger partial charge >= 0.3 is 0 Å². The molecular weight excluding hydrogens is 371 g/mol. The Balaban J connectivity index is 1.46. The summed E-state index contributed by atoms with van der Waals surface area (Å²) in [6.45, 7) is 2.54. The molecule has 8 heteroatoms. The summed E-state index contributed by atoms with van der Waals surface area (Å²) in [5.41, 5.74) is 4.28. The van der Waals surface area contributed by atoms with E-state index in [0.29, 0.717) is 5.56 Å². The van der Waals surface area contributed by atoms with Gasteiger partial charge in [0.05, 0.1) is 24.0 Å². The van der Waals surface area contributed by atoms with Crippen LogP contribution in [0.1, 0.15) is 16.1 Å². The quantitative estimate of drug-likeness (QED) is 0.564. The Kier molecular flexibility index (Phi) is 4.25. The molecule has 0 aliphatic carbocycles. The maximum absolute atomic E-state index is 13.0. The van der Waals surface area contributed by atoms with Crippen molar-refractivity contribution in [3.8, 4) is 11.1 Å². The Morgan fingerprint density at radius 2 is 2.00 bits per heavy atom. The average Bonchev–Trinajstić information content (AvgIpc) is 3.18. The molecule has 0 spiro atoms. The minimum atomic E-state index is -0.395. The average molecular weight is 388 g/mol. The lowest BCUT2D eigenvalue weighted by Gasteiger charge is -2.16. The number of anilines is 1. The molecule has 3 heterocycles. The number of rotatable bonds is 3. The molecule has 7 nitrogen and oxygen atoms in total. The number of carbonyl (C=O) groups excluding carboxylic acids is 1. The summed E-state index contributed by atoms with van der Waals surface area (Å²) < 4.78 is 15.1. The first-order valence-corrected chi connectivity index (χ1v) is 9.27. The van der Waals surface area contributed by atoms with Crippen LogP contribution in [0.15, 0.2) is 54.9 Å². The summed E-state index contributed by atoms with van der Waals surface area (Å²) in [5.74, 6) is -0.589. The summed E-state index contributed by atoms with van der Waals surface area (Å²) in [6.07, 6.45) is 3.54. The van der Waals surface area contributed by atoms with Gasteiger partial charge in [-0.3, -0.25) is 14.8 Å². The van der Waals surface area contributed by atoms with Crippen LogP contribution < -0.4 is 10.6 Å². The first-order chi connectivity index (χ1) is 14.2. The van der Waals surface area contributed by atoms with Crippen LogP contribution >= 0.6 is 0 Å². The molecule has 1 aliphatic rings. The third-order valence-corrected chi connectivity index (χ3v) is 4.97. The second-order valence-electron chi connectivity index (χ2n) is 6.83. The summed E-state index contributed by atoms with van der Waals surface area (Å²) in [4.78, 5) is 21.0. The lowest BCUT2D eigenvalue weighted by atomic mass is 10.0. The fourth-order valence-electron chi connectivity index (χ4n) is 3.45. The number of nitrogens with one attached hydrogen (secondary N) is 2. The molecule has 1 amide bonds. The molecule has 4 aromatic rings. The zero-order chi connectivity index (χ0) is 19.8. The molecule has 2 aromatic heterocycles. The van der Waals surface area contributed by atoms with Crippen LogP contribution in [-0.4, -0.2) is 32.2 Å². The highest BCUT2D eigenvalue weighted by Crippen LogP contribution is 2.27. The van der Waals surface area contributed by atoms with Crippen LogP contribution in [0.3, 0.4) is 0 Å². The molecule has 29 heavy (non-hydrogen) atoms. The van der Waals surface area contributed by atoms with Crippen molar-refractivity contribution >= 4 is 22.8 Å². The molecule has 0 bridgehead atoms. The Morgan fingerprint density at radius 3 is 2.86 bits per heavy atom. The number of fused-ring (bicyclic) bond motifs is 2. The lowest BCUT2D eigenvalue weighted by Crippen LogP contribution is -2.28. The van der Waals surface area contributed by atoms with Crippen molar-refractivity contribution in [2.75, 3.05) is 11.9 Å². The van der Waals surface area contributed by atoms with E-state index >= 15 is 0 Å². The van der Waals surface area contributed by atoms with Gasteiger partial charge in [0, 0.05) is 35.8 Å². The highest BCUT2D eigenvalue weighted by atomic mass is 19.1. The van der Waals surface area contributed by atoms with Crippen molar-refractivity contribution in [1.29, 1.82) is 0 Å². The van der Waals surface area contributed by atoms with E-state index in [2.05, 4.69) is 25.7 Å². The molecule has 5 rings (SSSR count). The molecule has 2 N–H and O–H groups in total. The Bertz CT molecular complexity index is 1220. The van der Waals surface area contributed by atoms with E-state index in [-0.39, 0.29) is 5.95 Å². The van der Waals surface area contributed by atoms with E-state index in [4.69, 9.17) is 0 Å². The molecule has 0 saturated heterocycles. The molecule has 0 saturated carbocycles. The monoisotopic (exact) mass is 388 g/mol.